The lowest BCUT2D eigenvalue weighted by Gasteiger charge is -2.10. The minimum atomic E-state index is -3.13. The Morgan fingerprint density at radius 2 is 1.94 bits per heavy atom. The second-order valence-corrected chi connectivity index (χ2v) is 6.88. The molecule has 1 rings (SSSR count). The van der Waals surface area contributed by atoms with Gasteiger partial charge in [-0.1, -0.05) is 41.1 Å². The van der Waals surface area contributed by atoms with Crippen LogP contribution in [-0.2, 0) is 9.84 Å². The smallest absolute Gasteiger partial charge is 0.167 e. The molecule has 0 fully saturated rings. The van der Waals surface area contributed by atoms with Gasteiger partial charge in [0.05, 0.1) is 5.75 Å². The lowest BCUT2D eigenvalue weighted by molar-refractivity contribution is 0.0940. The van der Waals surface area contributed by atoms with Crippen LogP contribution in [0.3, 0.4) is 0 Å². The van der Waals surface area contributed by atoms with Crippen molar-refractivity contribution in [3.63, 3.8) is 0 Å². The van der Waals surface area contributed by atoms with Crippen molar-refractivity contribution >= 4 is 31.6 Å². The van der Waals surface area contributed by atoms with Crippen molar-refractivity contribution in [3.05, 3.63) is 34.3 Å². The molecule has 1 unspecified atom stereocenters. The molecule has 0 spiro atoms. The van der Waals surface area contributed by atoms with Crippen LogP contribution in [0.15, 0.2) is 28.7 Å². The number of carbonyl (C=O) groups is 1. The van der Waals surface area contributed by atoms with Gasteiger partial charge in [-0.2, -0.15) is 0 Å². The summed E-state index contributed by atoms with van der Waals surface area (Å²) in [4.78, 5) is 11.9. The van der Waals surface area contributed by atoms with E-state index in [0.717, 1.165) is 6.26 Å². The van der Waals surface area contributed by atoms with E-state index in [1.54, 1.807) is 25.1 Å². The summed E-state index contributed by atoms with van der Waals surface area (Å²) < 4.78 is 22.9. The molecule has 0 saturated carbocycles. The van der Waals surface area contributed by atoms with Gasteiger partial charge in [-0.05, 0) is 6.07 Å². The second-order valence-electron chi connectivity index (χ2n) is 3.84. The number of rotatable bonds is 4. The van der Waals surface area contributed by atoms with E-state index >= 15 is 0 Å². The van der Waals surface area contributed by atoms with Crippen LogP contribution in [0.25, 0.3) is 0 Å². The number of halogens is 1. The third kappa shape index (κ3) is 3.72. The van der Waals surface area contributed by atoms with Crippen LogP contribution < -0.4 is 0 Å². The van der Waals surface area contributed by atoms with Crippen LogP contribution in [0.2, 0.25) is 0 Å². The SMILES string of the molecule is CC(CS(C)(=O)=O)C(=O)c1ccccc1Br. The summed E-state index contributed by atoms with van der Waals surface area (Å²) in [6.07, 6.45) is 1.14. The Hall–Kier alpha value is -0.680. The van der Waals surface area contributed by atoms with E-state index in [0.29, 0.717) is 10.0 Å². The predicted octanol–water partition coefficient (Wildman–Crippen LogP) is 2.31. The highest BCUT2D eigenvalue weighted by molar-refractivity contribution is 9.10. The zero-order valence-electron chi connectivity index (χ0n) is 9.10. The maximum Gasteiger partial charge on any atom is 0.167 e. The quantitative estimate of drug-likeness (QED) is 0.802. The third-order valence-corrected chi connectivity index (χ3v) is 3.94. The fraction of sp³-hybridized carbons (Fsp3) is 0.364. The molecule has 0 amide bonds. The van der Waals surface area contributed by atoms with Crippen LogP contribution >= 0.6 is 15.9 Å². The molecule has 3 nitrogen and oxygen atoms in total. The summed E-state index contributed by atoms with van der Waals surface area (Å²) in [5.74, 6) is -0.792. The molecule has 1 atom stereocenters. The monoisotopic (exact) mass is 304 g/mol. The number of hydrogen-bond donors (Lipinski definition) is 0. The fourth-order valence-electron chi connectivity index (χ4n) is 1.46. The minimum Gasteiger partial charge on any atom is -0.294 e. The second kappa shape index (κ2) is 5.10. The van der Waals surface area contributed by atoms with E-state index in [2.05, 4.69) is 15.9 Å². The van der Waals surface area contributed by atoms with Crippen molar-refractivity contribution < 1.29 is 13.2 Å². The first kappa shape index (κ1) is 13.4. The number of Topliss-reactive ketones (excluding diaryl/α,β-unsaturated/α-hetero) is 1. The predicted molar refractivity (Wildman–Crippen MR) is 67.3 cm³/mol. The Balaban J connectivity index is 2.91. The largest absolute Gasteiger partial charge is 0.294 e. The third-order valence-electron chi connectivity index (χ3n) is 2.14. The van der Waals surface area contributed by atoms with Gasteiger partial charge >= 0.3 is 0 Å². The fourth-order valence-corrected chi connectivity index (χ4v) is 3.00. The van der Waals surface area contributed by atoms with Crippen molar-refractivity contribution in [2.24, 2.45) is 5.92 Å². The average Bonchev–Trinajstić information content (AvgIpc) is 2.15. The number of benzene rings is 1. The molecule has 0 saturated heterocycles. The van der Waals surface area contributed by atoms with E-state index in [1.165, 1.54) is 0 Å². The van der Waals surface area contributed by atoms with E-state index in [1.807, 2.05) is 6.07 Å². The first-order valence-corrected chi connectivity index (χ1v) is 7.63. The Labute approximate surface area is 104 Å². The van der Waals surface area contributed by atoms with Crippen molar-refractivity contribution in [1.82, 2.24) is 0 Å². The maximum atomic E-state index is 11.9. The molecule has 1 aromatic carbocycles. The van der Waals surface area contributed by atoms with E-state index < -0.39 is 15.8 Å². The molecular formula is C11H13BrO3S. The van der Waals surface area contributed by atoms with Gasteiger partial charge in [0.15, 0.2) is 5.78 Å². The number of ketones is 1. The summed E-state index contributed by atoms with van der Waals surface area (Å²) in [6.45, 7) is 1.63. The summed E-state index contributed by atoms with van der Waals surface area (Å²) in [5.41, 5.74) is 0.527. The van der Waals surface area contributed by atoms with Gasteiger partial charge in [0.1, 0.15) is 9.84 Å². The highest BCUT2D eigenvalue weighted by atomic mass is 79.9. The molecule has 5 heteroatoms. The Morgan fingerprint density at radius 3 is 2.44 bits per heavy atom. The molecule has 16 heavy (non-hydrogen) atoms. The topological polar surface area (TPSA) is 51.2 Å². The summed E-state index contributed by atoms with van der Waals surface area (Å²) in [7, 11) is -3.13. The molecule has 0 radical (unpaired) electrons. The zero-order valence-corrected chi connectivity index (χ0v) is 11.5. The maximum absolute atomic E-state index is 11.9. The van der Waals surface area contributed by atoms with E-state index in [4.69, 9.17) is 0 Å². The molecule has 0 heterocycles. The van der Waals surface area contributed by atoms with Gasteiger partial charge < -0.3 is 0 Å². The van der Waals surface area contributed by atoms with Gasteiger partial charge in [-0.15, -0.1) is 0 Å². The van der Waals surface area contributed by atoms with Gasteiger partial charge in [0, 0.05) is 22.2 Å². The van der Waals surface area contributed by atoms with Crippen LogP contribution in [0.4, 0.5) is 0 Å². The molecular weight excluding hydrogens is 292 g/mol. The van der Waals surface area contributed by atoms with Gasteiger partial charge in [0.2, 0.25) is 0 Å². The van der Waals surface area contributed by atoms with E-state index in [9.17, 15) is 13.2 Å². The van der Waals surface area contributed by atoms with Gasteiger partial charge in [0.25, 0.3) is 0 Å². The molecule has 0 bridgehead atoms. The van der Waals surface area contributed by atoms with Crippen molar-refractivity contribution in [2.45, 2.75) is 6.92 Å². The molecule has 0 aliphatic heterocycles. The first-order valence-electron chi connectivity index (χ1n) is 4.77. The molecule has 88 valence electrons. The molecule has 1 aromatic rings. The van der Waals surface area contributed by atoms with Crippen molar-refractivity contribution in [1.29, 1.82) is 0 Å². The zero-order chi connectivity index (χ0) is 12.3. The molecule has 0 aliphatic carbocycles. The number of sulfone groups is 1. The Kier molecular flexibility index (Phi) is 4.27. The normalized spacial score (nSPS) is 13.4. The lowest BCUT2D eigenvalue weighted by atomic mass is 10.0. The lowest BCUT2D eigenvalue weighted by Crippen LogP contribution is -2.21. The number of carbonyl (C=O) groups excluding carboxylic acids is 1. The van der Waals surface area contributed by atoms with Crippen LogP contribution in [0.5, 0.6) is 0 Å². The summed E-state index contributed by atoms with van der Waals surface area (Å²) in [5, 5.41) is 0. The summed E-state index contributed by atoms with van der Waals surface area (Å²) >= 11 is 3.27. The van der Waals surface area contributed by atoms with Crippen LogP contribution in [0, 0.1) is 5.92 Å². The molecule has 0 aliphatic rings. The van der Waals surface area contributed by atoms with Crippen molar-refractivity contribution in [3.8, 4) is 0 Å². The van der Waals surface area contributed by atoms with Gasteiger partial charge in [-0.25, -0.2) is 8.42 Å². The van der Waals surface area contributed by atoms with E-state index in [-0.39, 0.29) is 11.5 Å². The minimum absolute atomic E-state index is 0.118. The summed E-state index contributed by atoms with van der Waals surface area (Å²) in [6, 6.07) is 7.01. The Bertz CT molecular complexity index is 494. The molecule has 0 aromatic heterocycles. The van der Waals surface area contributed by atoms with Crippen LogP contribution in [-0.4, -0.2) is 26.2 Å². The Morgan fingerprint density at radius 1 is 1.38 bits per heavy atom. The standard InChI is InChI=1S/C11H13BrO3S/c1-8(7-16(2,14)15)11(13)9-5-3-4-6-10(9)12/h3-6,8H,7H2,1-2H3. The highest BCUT2D eigenvalue weighted by Crippen LogP contribution is 2.20. The first-order chi connectivity index (χ1) is 7.31. The highest BCUT2D eigenvalue weighted by Gasteiger charge is 2.21. The number of hydrogen-bond acceptors (Lipinski definition) is 3. The average molecular weight is 305 g/mol. The molecule has 0 N–H and O–H groups in total. The van der Waals surface area contributed by atoms with Crippen LogP contribution in [0.1, 0.15) is 17.3 Å². The van der Waals surface area contributed by atoms with Crippen molar-refractivity contribution in [2.75, 3.05) is 12.0 Å². The van der Waals surface area contributed by atoms with Gasteiger partial charge in [-0.3, -0.25) is 4.79 Å².